The van der Waals surface area contributed by atoms with E-state index in [2.05, 4.69) is 14.9 Å². The van der Waals surface area contributed by atoms with Gasteiger partial charge in [0.05, 0.1) is 5.69 Å². The lowest BCUT2D eigenvalue weighted by Crippen LogP contribution is -2.49. The predicted octanol–water partition coefficient (Wildman–Crippen LogP) is 2.57. The van der Waals surface area contributed by atoms with Gasteiger partial charge in [0.2, 0.25) is 0 Å². The smallest absolute Gasteiger partial charge is 0.272 e. The Kier molecular flexibility index (Phi) is 5.18. The van der Waals surface area contributed by atoms with Gasteiger partial charge < -0.3 is 14.7 Å². The SMILES string of the molecule is O=C(c1cc(N2CCCCC2)ncn1)N1CCN(c2ccccc2F)CC1. The van der Waals surface area contributed by atoms with Crippen LogP contribution in [-0.4, -0.2) is 60.0 Å². The summed E-state index contributed by atoms with van der Waals surface area (Å²) < 4.78 is 14.0. The van der Waals surface area contributed by atoms with Gasteiger partial charge in [0, 0.05) is 45.3 Å². The number of anilines is 2. The molecule has 0 spiro atoms. The number of amides is 1. The van der Waals surface area contributed by atoms with Crippen molar-refractivity contribution in [3.8, 4) is 0 Å². The minimum atomic E-state index is -0.223. The lowest BCUT2D eigenvalue weighted by atomic mass is 10.1. The lowest BCUT2D eigenvalue weighted by Gasteiger charge is -2.36. The van der Waals surface area contributed by atoms with E-state index < -0.39 is 0 Å². The topological polar surface area (TPSA) is 52.6 Å². The van der Waals surface area contributed by atoms with Crippen LogP contribution in [0.3, 0.4) is 0 Å². The highest BCUT2D eigenvalue weighted by Gasteiger charge is 2.25. The average molecular weight is 369 g/mol. The van der Waals surface area contributed by atoms with Crippen molar-refractivity contribution in [3.05, 3.63) is 48.2 Å². The van der Waals surface area contributed by atoms with Crippen LogP contribution in [0, 0.1) is 5.82 Å². The first kappa shape index (κ1) is 17.7. The molecule has 2 aromatic rings. The van der Waals surface area contributed by atoms with Crippen LogP contribution in [-0.2, 0) is 0 Å². The number of benzene rings is 1. The number of halogens is 1. The highest BCUT2D eigenvalue weighted by atomic mass is 19.1. The second-order valence-electron chi connectivity index (χ2n) is 7.04. The van der Waals surface area contributed by atoms with Crippen molar-refractivity contribution in [1.29, 1.82) is 0 Å². The van der Waals surface area contributed by atoms with Crippen molar-refractivity contribution < 1.29 is 9.18 Å². The summed E-state index contributed by atoms with van der Waals surface area (Å²) in [6.45, 7) is 4.28. The van der Waals surface area contributed by atoms with Crippen molar-refractivity contribution in [2.45, 2.75) is 19.3 Å². The average Bonchev–Trinajstić information content (AvgIpc) is 2.74. The maximum Gasteiger partial charge on any atom is 0.272 e. The first-order chi connectivity index (χ1) is 13.2. The molecule has 6 nitrogen and oxygen atoms in total. The molecule has 0 aliphatic carbocycles. The van der Waals surface area contributed by atoms with Crippen LogP contribution >= 0.6 is 0 Å². The van der Waals surface area contributed by atoms with Crippen LogP contribution in [0.5, 0.6) is 0 Å². The van der Waals surface area contributed by atoms with Gasteiger partial charge in [-0.2, -0.15) is 0 Å². The zero-order chi connectivity index (χ0) is 18.6. The number of hydrogen-bond acceptors (Lipinski definition) is 5. The van der Waals surface area contributed by atoms with Gasteiger partial charge in [-0.1, -0.05) is 12.1 Å². The summed E-state index contributed by atoms with van der Waals surface area (Å²) in [6.07, 6.45) is 5.04. The molecule has 0 N–H and O–H groups in total. The number of piperidine rings is 1. The van der Waals surface area contributed by atoms with Gasteiger partial charge in [0.25, 0.3) is 5.91 Å². The van der Waals surface area contributed by atoms with E-state index in [-0.39, 0.29) is 11.7 Å². The maximum atomic E-state index is 14.0. The molecule has 1 aromatic heterocycles. The third kappa shape index (κ3) is 3.86. The minimum absolute atomic E-state index is 0.0798. The summed E-state index contributed by atoms with van der Waals surface area (Å²) in [5, 5.41) is 0. The fourth-order valence-electron chi connectivity index (χ4n) is 3.78. The van der Waals surface area contributed by atoms with E-state index >= 15 is 0 Å². The fourth-order valence-corrected chi connectivity index (χ4v) is 3.78. The molecule has 142 valence electrons. The molecule has 1 aromatic carbocycles. The number of carbonyl (C=O) groups is 1. The third-order valence-electron chi connectivity index (χ3n) is 5.31. The molecule has 0 bridgehead atoms. The molecule has 4 rings (SSSR count). The Morgan fingerprint density at radius 3 is 2.37 bits per heavy atom. The molecule has 0 unspecified atom stereocenters. The molecule has 0 radical (unpaired) electrons. The van der Waals surface area contributed by atoms with Crippen molar-refractivity contribution >= 4 is 17.4 Å². The first-order valence-electron chi connectivity index (χ1n) is 9.58. The van der Waals surface area contributed by atoms with Crippen LogP contribution in [0.1, 0.15) is 29.8 Å². The molecule has 27 heavy (non-hydrogen) atoms. The molecular weight excluding hydrogens is 345 g/mol. The lowest BCUT2D eigenvalue weighted by molar-refractivity contribution is 0.0740. The molecule has 7 heteroatoms. The molecule has 0 saturated carbocycles. The van der Waals surface area contributed by atoms with Gasteiger partial charge in [-0.3, -0.25) is 4.79 Å². The summed E-state index contributed by atoms with van der Waals surface area (Å²) in [6, 6.07) is 8.57. The van der Waals surface area contributed by atoms with Gasteiger partial charge in [0.1, 0.15) is 23.7 Å². The van der Waals surface area contributed by atoms with Gasteiger partial charge in [-0.25, -0.2) is 14.4 Å². The van der Waals surface area contributed by atoms with Gasteiger partial charge >= 0.3 is 0 Å². The normalized spacial score (nSPS) is 17.9. The number of aromatic nitrogens is 2. The highest BCUT2D eigenvalue weighted by Crippen LogP contribution is 2.21. The minimum Gasteiger partial charge on any atom is -0.366 e. The highest BCUT2D eigenvalue weighted by molar-refractivity contribution is 5.93. The summed E-state index contributed by atoms with van der Waals surface area (Å²) in [5.74, 6) is 0.529. The molecule has 1 amide bonds. The number of piperazine rings is 1. The van der Waals surface area contributed by atoms with Gasteiger partial charge in [-0.15, -0.1) is 0 Å². The Labute approximate surface area is 158 Å². The molecule has 2 aliphatic rings. The number of nitrogens with zero attached hydrogens (tertiary/aromatic N) is 5. The molecule has 2 saturated heterocycles. The summed E-state index contributed by atoms with van der Waals surface area (Å²) in [4.78, 5) is 27.4. The number of para-hydroxylation sites is 1. The summed E-state index contributed by atoms with van der Waals surface area (Å²) in [7, 11) is 0. The van der Waals surface area contributed by atoms with Crippen molar-refractivity contribution in [2.24, 2.45) is 0 Å². The third-order valence-corrected chi connectivity index (χ3v) is 5.31. The number of hydrogen-bond donors (Lipinski definition) is 0. The van der Waals surface area contributed by atoms with Crippen molar-refractivity contribution in [2.75, 3.05) is 49.1 Å². The Morgan fingerprint density at radius 1 is 0.889 bits per heavy atom. The Bertz CT molecular complexity index is 800. The molecular formula is C20H24FN5O. The Morgan fingerprint density at radius 2 is 1.63 bits per heavy atom. The first-order valence-corrected chi connectivity index (χ1v) is 9.58. The van der Waals surface area contributed by atoms with Crippen molar-refractivity contribution in [3.63, 3.8) is 0 Å². The largest absolute Gasteiger partial charge is 0.366 e. The predicted molar refractivity (Wildman–Crippen MR) is 103 cm³/mol. The van der Waals surface area contributed by atoms with Crippen LogP contribution in [0.25, 0.3) is 0 Å². The molecule has 2 fully saturated rings. The van der Waals surface area contributed by atoms with Crippen LogP contribution < -0.4 is 9.80 Å². The zero-order valence-electron chi connectivity index (χ0n) is 15.4. The van der Waals surface area contributed by atoms with Crippen LogP contribution in [0.15, 0.2) is 36.7 Å². The van der Waals surface area contributed by atoms with Crippen molar-refractivity contribution in [1.82, 2.24) is 14.9 Å². The standard InChI is InChI=1S/C20H24FN5O/c21-16-6-2-3-7-18(16)24-10-12-26(13-11-24)20(27)17-14-19(23-15-22-17)25-8-4-1-5-9-25/h2-3,6-7,14-15H,1,4-5,8-13H2. The quantitative estimate of drug-likeness (QED) is 0.832. The monoisotopic (exact) mass is 369 g/mol. The Hall–Kier alpha value is -2.70. The Balaban J connectivity index is 1.41. The molecule has 2 aliphatic heterocycles. The fraction of sp³-hybridized carbons (Fsp3) is 0.450. The van der Waals surface area contributed by atoms with E-state index in [4.69, 9.17) is 0 Å². The van der Waals surface area contributed by atoms with Gasteiger partial charge in [-0.05, 0) is 31.4 Å². The number of carbonyl (C=O) groups excluding carboxylic acids is 1. The van der Waals surface area contributed by atoms with Crippen LogP contribution in [0.2, 0.25) is 0 Å². The van der Waals surface area contributed by atoms with E-state index in [1.807, 2.05) is 11.0 Å². The van der Waals surface area contributed by atoms with E-state index in [1.165, 1.54) is 18.8 Å². The number of rotatable bonds is 3. The van der Waals surface area contributed by atoms with E-state index in [0.29, 0.717) is 37.6 Å². The van der Waals surface area contributed by atoms with Crippen LogP contribution in [0.4, 0.5) is 15.9 Å². The molecule has 0 atom stereocenters. The van der Waals surface area contributed by atoms with E-state index in [9.17, 15) is 9.18 Å². The van der Waals surface area contributed by atoms with Gasteiger partial charge in [0.15, 0.2) is 0 Å². The zero-order valence-corrected chi connectivity index (χ0v) is 15.4. The summed E-state index contributed by atoms with van der Waals surface area (Å²) in [5.41, 5.74) is 1.03. The van der Waals surface area contributed by atoms with E-state index in [0.717, 1.165) is 31.7 Å². The summed E-state index contributed by atoms with van der Waals surface area (Å²) >= 11 is 0. The molecule has 3 heterocycles. The second-order valence-corrected chi connectivity index (χ2v) is 7.04. The maximum absolute atomic E-state index is 14.0. The van der Waals surface area contributed by atoms with E-state index in [1.54, 1.807) is 23.1 Å². The second kappa shape index (κ2) is 7.90.